The Morgan fingerprint density at radius 1 is 1.00 bits per heavy atom. The van der Waals surface area contributed by atoms with Gasteiger partial charge in [-0.05, 0) is 36.4 Å². The molecule has 0 aliphatic heterocycles. The molecule has 0 radical (unpaired) electrons. The molecular formula is C14H10N2O2. The highest BCUT2D eigenvalue weighted by atomic mass is 16.5. The number of hydrogen-bond acceptors (Lipinski definition) is 4. The van der Waals surface area contributed by atoms with E-state index in [0.29, 0.717) is 5.76 Å². The molecule has 2 aromatic heterocycles. The lowest BCUT2D eigenvalue weighted by molar-refractivity contribution is 0.434. The fourth-order valence-corrected chi connectivity index (χ4v) is 1.69. The molecular weight excluding hydrogens is 228 g/mol. The van der Waals surface area contributed by atoms with Crippen molar-refractivity contribution in [2.45, 2.75) is 0 Å². The SMILES string of the molecule is Oc1ccc(-c2cc(-c3cccnc3)on2)cc1. The number of pyridine rings is 1. The highest BCUT2D eigenvalue weighted by Crippen LogP contribution is 2.26. The summed E-state index contributed by atoms with van der Waals surface area (Å²) in [7, 11) is 0. The number of rotatable bonds is 2. The Bertz CT molecular complexity index is 645. The van der Waals surface area contributed by atoms with Crippen LogP contribution in [-0.2, 0) is 0 Å². The Labute approximate surface area is 104 Å². The number of aromatic nitrogens is 2. The first kappa shape index (κ1) is 10.5. The van der Waals surface area contributed by atoms with E-state index in [0.717, 1.165) is 16.8 Å². The summed E-state index contributed by atoms with van der Waals surface area (Å²) in [5.41, 5.74) is 2.51. The van der Waals surface area contributed by atoms with Crippen LogP contribution in [0.3, 0.4) is 0 Å². The van der Waals surface area contributed by atoms with Gasteiger partial charge in [-0.25, -0.2) is 0 Å². The third kappa shape index (κ3) is 1.96. The molecule has 0 unspecified atom stereocenters. The van der Waals surface area contributed by atoms with Gasteiger partial charge in [-0.15, -0.1) is 0 Å². The van der Waals surface area contributed by atoms with Crippen LogP contribution in [0, 0.1) is 0 Å². The minimum Gasteiger partial charge on any atom is -0.508 e. The van der Waals surface area contributed by atoms with Gasteiger partial charge in [-0.3, -0.25) is 4.98 Å². The van der Waals surface area contributed by atoms with E-state index in [4.69, 9.17) is 4.52 Å². The van der Waals surface area contributed by atoms with Crippen LogP contribution in [-0.4, -0.2) is 15.2 Å². The van der Waals surface area contributed by atoms with Crippen LogP contribution in [0.15, 0.2) is 59.4 Å². The van der Waals surface area contributed by atoms with Gasteiger partial charge in [-0.1, -0.05) is 5.16 Å². The number of hydrogen-bond donors (Lipinski definition) is 1. The monoisotopic (exact) mass is 238 g/mol. The van der Waals surface area contributed by atoms with E-state index in [1.54, 1.807) is 36.7 Å². The third-order valence-corrected chi connectivity index (χ3v) is 2.62. The molecule has 3 rings (SSSR count). The second-order valence-electron chi connectivity index (χ2n) is 3.86. The summed E-state index contributed by atoms with van der Waals surface area (Å²) in [5, 5.41) is 13.2. The molecule has 0 fully saturated rings. The lowest BCUT2D eigenvalue weighted by Gasteiger charge is -1.94. The molecule has 0 spiro atoms. The largest absolute Gasteiger partial charge is 0.508 e. The highest BCUT2D eigenvalue weighted by Gasteiger charge is 2.08. The van der Waals surface area contributed by atoms with Crippen molar-refractivity contribution in [3.63, 3.8) is 0 Å². The van der Waals surface area contributed by atoms with Crippen LogP contribution >= 0.6 is 0 Å². The van der Waals surface area contributed by atoms with Gasteiger partial charge in [0.15, 0.2) is 5.76 Å². The van der Waals surface area contributed by atoms with Crippen LogP contribution in [0.4, 0.5) is 0 Å². The zero-order valence-corrected chi connectivity index (χ0v) is 9.45. The first-order chi connectivity index (χ1) is 8.83. The Balaban J connectivity index is 1.97. The quantitative estimate of drug-likeness (QED) is 0.745. The maximum atomic E-state index is 9.23. The molecule has 0 bridgehead atoms. The lowest BCUT2D eigenvalue weighted by atomic mass is 10.1. The number of phenols is 1. The van der Waals surface area contributed by atoms with E-state index in [9.17, 15) is 5.11 Å². The molecule has 0 atom stereocenters. The van der Waals surface area contributed by atoms with E-state index in [1.165, 1.54) is 0 Å². The Morgan fingerprint density at radius 2 is 1.83 bits per heavy atom. The molecule has 88 valence electrons. The topological polar surface area (TPSA) is 59.2 Å². The molecule has 0 aliphatic carbocycles. The Morgan fingerprint density at radius 3 is 2.56 bits per heavy atom. The molecule has 0 amide bonds. The van der Waals surface area contributed by atoms with E-state index in [1.807, 2.05) is 18.2 Å². The second kappa shape index (κ2) is 4.33. The maximum Gasteiger partial charge on any atom is 0.169 e. The standard InChI is InChI=1S/C14H10N2O2/c17-12-5-3-10(4-6-12)13-8-14(18-16-13)11-2-1-7-15-9-11/h1-9,17H. The molecule has 2 heterocycles. The molecule has 1 aromatic carbocycles. The van der Waals surface area contributed by atoms with Gasteiger partial charge < -0.3 is 9.63 Å². The normalized spacial score (nSPS) is 10.4. The first-order valence-electron chi connectivity index (χ1n) is 5.49. The predicted molar refractivity (Wildman–Crippen MR) is 66.8 cm³/mol. The summed E-state index contributed by atoms with van der Waals surface area (Å²) in [6.07, 6.45) is 3.43. The molecule has 0 saturated heterocycles. The summed E-state index contributed by atoms with van der Waals surface area (Å²) in [5.74, 6) is 0.904. The second-order valence-corrected chi connectivity index (χ2v) is 3.86. The van der Waals surface area contributed by atoms with Crippen molar-refractivity contribution in [1.82, 2.24) is 10.1 Å². The molecule has 1 N–H and O–H groups in total. The van der Waals surface area contributed by atoms with Crippen LogP contribution in [0.2, 0.25) is 0 Å². The fraction of sp³-hybridized carbons (Fsp3) is 0. The van der Waals surface area contributed by atoms with Gasteiger partial charge in [0.2, 0.25) is 0 Å². The molecule has 0 saturated carbocycles. The summed E-state index contributed by atoms with van der Waals surface area (Å²) in [6.45, 7) is 0. The van der Waals surface area contributed by atoms with E-state index >= 15 is 0 Å². The number of phenolic OH excluding ortho intramolecular Hbond substituents is 1. The van der Waals surface area contributed by atoms with Crippen LogP contribution in [0.5, 0.6) is 5.75 Å². The van der Waals surface area contributed by atoms with E-state index in [-0.39, 0.29) is 5.75 Å². The minimum absolute atomic E-state index is 0.231. The van der Waals surface area contributed by atoms with Crippen molar-refractivity contribution < 1.29 is 9.63 Å². The maximum absolute atomic E-state index is 9.23. The molecule has 18 heavy (non-hydrogen) atoms. The van der Waals surface area contributed by atoms with Gasteiger partial charge in [0.1, 0.15) is 11.4 Å². The van der Waals surface area contributed by atoms with Crippen molar-refractivity contribution in [2.24, 2.45) is 0 Å². The van der Waals surface area contributed by atoms with Crippen molar-refractivity contribution in [1.29, 1.82) is 0 Å². The summed E-state index contributed by atoms with van der Waals surface area (Å²) >= 11 is 0. The fourth-order valence-electron chi connectivity index (χ4n) is 1.69. The van der Waals surface area contributed by atoms with Crippen LogP contribution < -0.4 is 0 Å². The number of benzene rings is 1. The Kier molecular flexibility index (Phi) is 2.53. The summed E-state index contributed by atoms with van der Waals surface area (Å²) < 4.78 is 5.28. The van der Waals surface area contributed by atoms with E-state index in [2.05, 4.69) is 10.1 Å². The van der Waals surface area contributed by atoms with Crippen molar-refractivity contribution >= 4 is 0 Å². The third-order valence-electron chi connectivity index (χ3n) is 2.62. The average Bonchev–Trinajstić information content (AvgIpc) is 2.90. The van der Waals surface area contributed by atoms with Crippen molar-refractivity contribution in [3.05, 3.63) is 54.9 Å². The zero-order valence-electron chi connectivity index (χ0n) is 9.45. The predicted octanol–water partition coefficient (Wildman–Crippen LogP) is 3.11. The average molecular weight is 238 g/mol. The first-order valence-corrected chi connectivity index (χ1v) is 5.49. The van der Waals surface area contributed by atoms with E-state index < -0.39 is 0 Å². The molecule has 3 aromatic rings. The van der Waals surface area contributed by atoms with Crippen LogP contribution in [0.25, 0.3) is 22.6 Å². The van der Waals surface area contributed by atoms with Gasteiger partial charge in [0.05, 0.1) is 0 Å². The van der Waals surface area contributed by atoms with Crippen molar-refractivity contribution in [2.75, 3.05) is 0 Å². The molecule has 4 heteroatoms. The zero-order chi connectivity index (χ0) is 12.4. The Hall–Kier alpha value is -2.62. The summed E-state index contributed by atoms with van der Waals surface area (Å²) in [6, 6.07) is 12.4. The number of nitrogens with zero attached hydrogens (tertiary/aromatic N) is 2. The summed E-state index contributed by atoms with van der Waals surface area (Å²) in [4.78, 5) is 4.03. The van der Waals surface area contributed by atoms with Gasteiger partial charge >= 0.3 is 0 Å². The van der Waals surface area contributed by atoms with Gasteiger partial charge in [0, 0.05) is 29.6 Å². The smallest absolute Gasteiger partial charge is 0.169 e. The highest BCUT2D eigenvalue weighted by molar-refractivity contribution is 5.66. The van der Waals surface area contributed by atoms with Gasteiger partial charge in [0.25, 0.3) is 0 Å². The lowest BCUT2D eigenvalue weighted by Crippen LogP contribution is -1.75. The van der Waals surface area contributed by atoms with Crippen LogP contribution in [0.1, 0.15) is 0 Å². The molecule has 0 aliphatic rings. The molecule has 4 nitrogen and oxygen atoms in total. The van der Waals surface area contributed by atoms with Gasteiger partial charge in [-0.2, -0.15) is 0 Å². The minimum atomic E-state index is 0.231. The van der Waals surface area contributed by atoms with Crippen molar-refractivity contribution in [3.8, 4) is 28.3 Å². The number of aromatic hydroxyl groups is 1.